The van der Waals surface area contributed by atoms with E-state index in [0.717, 1.165) is 25.2 Å². The number of hydrogen-bond donors (Lipinski definition) is 1. The van der Waals surface area contributed by atoms with Crippen LogP contribution in [0.3, 0.4) is 0 Å². The lowest BCUT2D eigenvalue weighted by molar-refractivity contribution is -0.183. The van der Waals surface area contributed by atoms with Crippen molar-refractivity contribution in [2.24, 2.45) is 0 Å². The fourth-order valence-corrected chi connectivity index (χ4v) is 1.63. The van der Waals surface area contributed by atoms with Crippen molar-refractivity contribution in [2.45, 2.75) is 31.7 Å². The topological polar surface area (TPSA) is 51.8 Å². The second kappa shape index (κ2) is 5.30. The summed E-state index contributed by atoms with van der Waals surface area (Å²) in [6.45, 7) is 1.51. The van der Waals surface area contributed by atoms with Crippen LogP contribution in [-0.4, -0.2) is 24.6 Å². The highest BCUT2D eigenvalue weighted by atomic mass is 16.7. The van der Waals surface area contributed by atoms with E-state index >= 15 is 0 Å². The van der Waals surface area contributed by atoms with Crippen LogP contribution in [0, 0.1) is 0 Å². The summed E-state index contributed by atoms with van der Waals surface area (Å²) >= 11 is 0. The molecule has 1 saturated heterocycles. The SMILES string of the molecule is O[C@@H](CCC1OCCCO1)c1ccoc1. The van der Waals surface area contributed by atoms with Gasteiger partial charge in [-0.15, -0.1) is 0 Å². The molecule has 1 aromatic heterocycles. The Morgan fingerprint density at radius 1 is 1.40 bits per heavy atom. The van der Waals surface area contributed by atoms with Gasteiger partial charge in [-0.25, -0.2) is 0 Å². The van der Waals surface area contributed by atoms with E-state index < -0.39 is 6.10 Å². The van der Waals surface area contributed by atoms with Gasteiger partial charge in [0.05, 0.1) is 31.8 Å². The van der Waals surface area contributed by atoms with E-state index in [9.17, 15) is 5.11 Å². The summed E-state index contributed by atoms with van der Waals surface area (Å²) in [6, 6.07) is 1.77. The number of ether oxygens (including phenoxy) is 2. The monoisotopic (exact) mass is 212 g/mol. The lowest BCUT2D eigenvalue weighted by Crippen LogP contribution is -2.25. The van der Waals surface area contributed by atoms with E-state index in [-0.39, 0.29) is 6.29 Å². The largest absolute Gasteiger partial charge is 0.472 e. The smallest absolute Gasteiger partial charge is 0.157 e. The molecule has 0 unspecified atom stereocenters. The summed E-state index contributed by atoms with van der Waals surface area (Å²) < 4.78 is 15.7. The second-order valence-corrected chi connectivity index (χ2v) is 3.67. The molecule has 84 valence electrons. The highest BCUT2D eigenvalue weighted by Gasteiger charge is 2.17. The molecular formula is C11H16O4. The van der Waals surface area contributed by atoms with Gasteiger partial charge in [-0.2, -0.15) is 0 Å². The molecule has 1 N–H and O–H groups in total. The van der Waals surface area contributed by atoms with E-state index in [1.165, 1.54) is 0 Å². The van der Waals surface area contributed by atoms with Crippen molar-refractivity contribution in [1.82, 2.24) is 0 Å². The van der Waals surface area contributed by atoms with Crippen molar-refractivity contribution in [3.63, 3.8) is 0 Å². The molecule has 0 aromatic carbocycles. The van der Waals surface area contributed by atoms with Crippen LogP contribution >= 0.6 is 0 Å². The molecule has 0 radical (unpaired) electrons. The zero-order valence-corrected chi connectivity index (χ0v) is 8.59. The lowest BCUT2D eigenvalue weighted by atomic mass is 10.1. The van der Waals surface area contributed by atoms with Crippen LogP contribution in [-0.2, 0) is 9.47 Å². The molecule has 0 bridgehead atoms. The molecule has 4 heteroatoms. The average molecular weight is 212 g/mol. The van der Waals surface area contributed by atoms with Gasteiger partial charge in [0, 0.05) is 12.0 Å². The summed E-state index contributed by atoms with van der Waals surface area (Å²) in [4.78, 5) is 0. The van der Waals surface area contributed by atoms with Crippen LogP contribution in [0.5, 0.6) is 0 Å². The Kier molecular flexibility index (Phi) is 3.77. The molecule has 0 spiro atoms. The number of furan rings is 1. The van der Waals surface area contributed by atoms with Crippen LogP contribution in [0.25, 0.3) is 0 Å². The first-order valence-corrected chi connectivity index (χ1v) is 5.29. The molecule has 15 heavy (non-hydrogen) atoms. The van der Waals surface area contributed by atoms with E-state index in [1.54, 1.807) is 18.6 Å². The molecule has 1 aromatic rings. The Bertz CT molecular complexity index is 264. The van der Waals surface area contributed by atoms with Gasteiger partial charge in [0.15, 0.2) is 6.29 Å². The predicted molar refractivity (Wildman–Crippen MR) is 53.2 cm³/mol. The summed E-state index contributed by atoms with van der Waals surface area (Å²) in [5, 5.41) is 9.77. The maximum absolute atomic E-state index is 9.77. The van der Waals surface area contributed by atoms with Gasteiger partial charge in [-0.05, 0) is 18.9 Å². The number of rotatable bonds is 4. The number of aliphatic hydroxyl groups excluding tert-OH is 1. The van der Waals surface area contributed by atoms with Gasteiger partial charge in [0.1, 0.15) is 0 Å². The first-order valence-electron chi connectivity index (χ1n) is 5.29. The molecule has 0 saturated carbocycles. The summed E-state index contributed by atoms with van der Waals surface area (Å²) in [6.07, 6.45) is 4.79. The van der Waals surface area contributed by atoms with E-state index in [0.29, 0.717) is 12.8 Å². The Morgan fingerprint density at radius 2 is 2.20 bits per heavy atom. The highest BCUT2D eigenvalue weighted by Crippen LogP contribution is 2.21. The van der Waals surface area contributed by atoms with Crippen LogP contribution in [0.1, 0.15) is 30.9 Å². The fourth-order valence-electron chi connectivity index (χ4n) is 1.63. The van der Waals surface area contributed by atoms with Gasteiger partial charge in [0.25, 0.3) is 0 Å². The van der Waals surface area contributed by atoms with Crippen molar-refractivity contribution in [1.29, 1.82) is 0 Å². The maximum atomic E-state index is 9.77. The van der Waals surface area contributed by atoms with Crippen molar-refractivity contribution in [3.05, 3.63) is 24.2 Å². The van der Waals surface area contributed by atoms with Crippen LogP contribution in [0.4, 0.5) is 0 Å². The molecule has 0 amide bonds. The minimum absolute atomic E-state index is 0.152. The summed E-state index contributed by atoms with van der Waals surface area (Å²) in [5.74, 6) is 0. The third kappa shape index (κ3) is 3.06. The van der Waals surface area contributed by atoms with Gasteiger partial charge in [0.2, 0.25) is 0 Å². The molecule has 2 heterocycles. The van der Waals surface area contributed by atoms with Crippen LogP contribution in [0.2, 0.25) is 0 Å². The van der Waals surface area contributed by atoms with Gasteiger partial charge < -0.3 is 19.0 Å². The molecule has 1 atom stereocenters. The van der Waals surface area contributed by atoms with Gasteiger partial charge in [-0.1, -0.05) is 0 Å². The minimum atomic E-state index is -0.488. The Morgan fingerprint density at radius 3 is 2.87 bits per heavy atom. The van der Waals surface area contributed by atoms with Gasteiger partial charge in [-0.3, -0.25) is 0 Å². The van der Waals surface area contributed by atoms with Crippen LogP contribution in [0.15, 0.2) is 23.0 Å². The number of hydrogen-bond acceptors (Lipinski definition) is 4. The quantitative estimate of drug-likeness (QED) is 0.827. The number of aliphatic hydroxyl groups is 1. The molecule has 4 nitrogen and oxygen atoms in total. The molecule has 1 fully saturated rings. The van der Waals surface area contributed by atoms with Crippen molar-refractivity contribution in [3.8, 4) is 0 Å². The average Bonchev–Trinajstić information content (AvgIpc) is 2.81. The third-order valence-electron chi connectivity index (χ3n) is 2.50. The first-order chi connectivity index (χ1) is 7.36. The fraction of sp³-hybridized carbons (Fsp3) is 0.636. The van der Waals surface area contributed by atoms with E-state index in [2.05, 4.69) is 0 Å². The van der Waals surface area contributed by atoms with Crippen molar-refractivity contribution in [2.75, 3.05) is 13.2 Å². The lowest BCUT2D eigenvalue weighted by Gasteiger charge is -2.23. The third-order valence-corrected chi connectivity index (χ3v) is 2.50. The zero-order valence-electron chi connectivity index (χ0n) is 8.59. The second-order valence-electron chi connectivity index (χ2n) is 3.67. The van der Waals surface area contributed by atoms with Gasteiger partial charge >= 0.3 is 0 Å². The van der Waals surface area contributed by atoms with Crippen LogP contribution < -0.4 is 0 Å². The predicted octanol–water partition coefficient (Wildman–Crippen LogP) is 1.86. The van der Waals surface area contributed by atoms with Crippen molar-refractivity contribution >= 4 is 0 Å². The standard InChI is InChI=1S/C11H16O4/c12-10(9-4-7-13-8-9)2-3-11-14-5-1-6-15-11/h4,7-8,10-12H,1-3,5-6H2/t10-/m0/s1. The first kappa shape index (κ1) is 10.7. The Hall–Kier alpha value is -0.840. The molecule has 1 aliphatic rings. The molecular weight excluding hydrogens is 196 g/mol. The summed E-state index contributed by atoms with van der Waals surface area (Å²) in [5.41, 5.74) is 0.811. The Balaban J connectivity index is 1.73. The molecule has 2 rings (SSSR count). The van der Waals surface area contributed by atoms with E-state index in [4.69, 9.17) is 13.9 Å². The summed E-state index contributed by atoms with van der Waals surface area (Å²) in [7, 11) is 0. The molecule has 0 aliphatic carbocycles. The Labute approximate surface area is 88.8 Å². The van der Waals surface area contributed by atoms with E-state index in [1.807, 2.05) is 0 Å². The molecule has 1 aliphatic heterocycles. The zero-order chi connectivity index (χ0) is 10.5. The maximum Gasteiger partial charge on any atom is 0.157 e. The highest BCUT2D eigenvalue weighted by molar-refractivity contribution is 5.08. The normalized spacial score (nSPS) is 20.3. The van der Waals surface area contributed by atoms with Crippen molar-refractivity contribution < 1.29 is 19.0 Å². The minimum Gasteiger partial charge on any atom is -0.472 e.